The highest BCUT2D eigenvalue weighted by Crippen LogP contribution is 2.54. The van der Waals surface area contributed by atoms with Crippen molar-refractivity contribution in [3.63, 3.8) is 0 Å². The van der Waals surface area contributed by atoms with E-state index in [2.05, 4.69) is 33.1 Å². The zero-order valence-electron chi connectivity index (χ0n) is 21.6. The van der Waals surface area contributed by atoms with Crippen LogP contribution in [0, 0.1) is 15.5 Å². The number of allylic oxidation sites excluding steroid dienone is 1. The largest absolute Gasteiger partial charge is 0.393 e. The molecule has 4 aromatic rings. The SMILES string of the molecule is O=C(NC1CCC(O)CC1)c1cc(F)c(C2=Cn3c(C4(c5ccc6ncccc6c5)CC4)cnc3I=C2)cc1F. The van der Waals surface area contributed by atoms with Crippen LogP contribution in [-0.2, 0) is 5.41 Å². The molecule has 1 amide bonds. The topological polar surface area (TPSA) is 80.0 Å². The van der Waals surface area contributed by atoms with Gasteiger partial charge >= 0.3 is 0 Å². The first-order valence-electron chi connectivity index (χ1n) is 13.5. The molecule has 2 aliphatic carbocycles. The average molecular weight is 652 g/mol. The molecule has 0 saturated heterocycles. The van der Waals surface area contributed by atoms with Crippen molar-refractivity contribution in [1.82, 2.24) is 19.9 Å². The fourth-order valence-corrected chi connectivity index (χ4v) is 8.03. The lowest BCUT2D eigenvalue weighted by Crippen LogP contribution is -2.39. The van der Waals surface area contributed by atoms with E-state index in [0.29, 0.717) is 31.3 Å². The molecule has 0 unspecified atom stereocenters. The molecular formula is C31H27F2IN4O2. The zero-order valence-corrected chi connectivity index (χ0v) is 23.7. The lowest BCUT2D eigenvalue weighted by molar-refractivity contribution is 0.0863. The summed E-state index contributed by atoms with van der Waals surface area (Å²) in [4.78, 5) is 21.9. The number of pyridine rings is 1. The van der Waals surface area contributed by atoms with Gasteiger partial charge in [0.15, 0.2) is 3.83 Å². The second-order valence-electron chi connectivity index (χ2n) is 10.9. The molecule has 3 heterocycles. The number of imidazole rings is 1. The highest BCUT2D eigenvalue weighted by Gasteiger charge is 2.48. The summed E-state index contributed by atoms with van der Waals surface area (Å²) < 4.78 is 35.6. The summed E-state index contributed by atoms with van der Waals surface area (Å²) in [6.45, 7) is 0. The van der Waals surface area contributed by atoms with E-state index in [0.717, 1.165) is 45.4 Å². The van der Waals surface area contributed by atoms with Crippen molar-refractivity contribution in [2.75, 3.05) is 0 Å². The Labute approximate surface area is 239 Å². The van der Waals surface area contributed by atoms with Gasteiger partial charge in [0.1, 0.15) is 11.6 Å². The van der Waals surface area contributed by atoms with Crippen LogP contribution in [0.15, 0.2) is 54.9 Å². The van der Waals surface area contributed by atoms with Crippen molar-refractivity contribution in [2.45, 2.75) is 56.1 Å². The molecule has 3 aliphatic rings. The smallest absolute Gasteiger partial charge is 0.254 e. The molecule has 40 heavy (non-hydrogen) atoms. The normalized spacial score (nSPS) is 21.3. The van der Waals surface area contributed by atoms with E-state index in [9.17, 15) is 9.90 Å². The summed E-state index contributed by atoms with van der Waals surface area (Å²) in [7, 11) is 0. The molecule has 1 aliphatic heterocycles. The Bertz CT molecular complexity index is 1720. The van der Waals surface area contributed by atoms with Crippen molar-refractivity contribution in [2.24, 2.45) is 0 Å². The van der Waals surface area contributed by atoms with Gasteiger partial charge in [-0.25, -0.2) is 13.8 Å². The summed E-state index contributed by atoms with van der Waals surface area (Å²) in [5.41, 5.74) is 3.49. The van der Waals surface area contributed by atoms with Crippen LogP contribution in [0.25, 0.3) is 22.7 Å². The van der Waals surface area contributed by atoms with Gasteiger partial charge in [-0.3, -0.25) is 14.3 Å². The number of hydrogen-bond acceptors (Lipinski definition) is 4. The Balaban J connectivity index is 1.19. The molecule has 0 bridgehead atoms. The Morgan fingerprint density at radius 1 is 1.05 bits per heavy atom. The molecule has 0 radical (unpaired) electrons. The van der Waals surface area contributed by atoms with Gasteiger partial charge < -0.3 is 10.4 Å². The van der Waals surface area contributed by atoms with Crippen LogP contribution in [0.4, 0.5) is 8.78 Å². The van der Waals surface area contributed by atoms with Crippen LogP contribution in [0.5, 0.6) is 0 Å². The lowest BCUT2D eigenvalue weighted by atomic mass is 9.91. The molecule has 7 rings (SSSR count). The van der Waals surface area contributed by atoms with E-state index >= 15 is 8.78 Å². The van der Waals surface area contributed by atoms with Crippen LogP contribution in [0.1, 0.15) is 65.7 Å². The number of nitrogens with one attached hydrogen (secondary N) is 1. The predicted molar refractivity (Wildman–Crippen MR) is 159 cm³/mol. The Morgan fingerprint density at radius 3 is 2.67 bits per heavy atom. The number of hydrogen-bond donors (Lipinski definition) is 2. The van der Waals surface area contributed by atoms with E-state index in [-0.39, 0.29) is 28.7 Å². The molecule has 2 fully saturated rings. The minimum Gasteiger partial charge on any atom is -0.393 e. The standard InChI is InChI=1S/C31H27F2IN4O2/c32-25-14-24(29(40)37-21-4-6-22(39)7-5-21)26(33)13-23(25)19-15-34-30-36-16-28(38(30)17-19)31(9-10-31)20-3-8-27-18(12-20)2-1-11-35-27/h1-3,8,11-17,21-22,39H,4-7,9-10H2,(H,37,40). The molecule has 2 N–H and O–H groups in total. The number of rotatable bonds is 5. The third-order valence-corrected chi connectivity index (χ3v) is 10.7. The molecule has 9 heteroatoms. The molecule has 2 aromatic heterocycles. The number of nitrogens with zero attached hydrogens (tertiary/aromatic N) is 3. The van der Waals surface area contributed by atoms with Crippen LogP contribution >= 0.6 is 20.7 Å². The number of aromatic nitrogens is 3. The van der Waals surface area contributed by atoms with Crippen molar-refractivity contribution >= 4 is 53.3 Å². The van der Waals surface area contributed by atoms with Gasteiger partial charge in [0, 0.05) is 40.4 Å². The van der Waals surface area contributed by atoms with E-state index in [1.54, 1.807) is 6.20 Å². The van der Waals surface area contributed by atoms with Gasteiger partial charge in [-0.2, -0.15) is 0 Å². The minimum absolute atomic E-state index is 0.140. The van der Waals surface area contributed by atoms with Crippen LogP contribution < -0.4 is 5.32 Å². The molecule has 0 atom stereocenters. The van der Waals surface area contributed by atoms with E-state index in [1.165, 1.54) is 5.56 Å². The Kier molecular flexibility index (Phi) is 6.38. The van der Waals surface area contributed by atoms with Crippen molar-refractivity contribution < 1.29 is 18.7 Å². The van der Waals surface area contributed by atoms with Crippen molar-refractivity contribution in [1.29, 1.82) is 0 Å². The fourth-order valence-electron chi connectivity index (χ4n) is 5.92. The summed E-state index contributed by atoms with van der Waals surface area (Å²) in [5, 5.41) is 13.6. The highest BCUT2D eigenvalue weighted by atomic mass is 127. The van der Waals surface area contributed by atoms with Gasteiger partial charge in [-0.1, -0.05) is 12.1 Å². The number of carbonyl (C=O) groups excluding carboxylic acids is 1. The predicted octanol–water partition coefficient (Wildman–Crippen LogP) is 5.78. The maximum absolute atomic E-state index is 15.4. The second-order valence-corrected chi connectivity index (χ2v) is 13.1. The first-order chi connectivity index (χ1) is 19.4. The highest BCUT2D eigenvalue weighted by molar-refractivity contribution is 14.2. The number of fused-ring (bicyclic) bond motifs is 2. The van der Waals surface area contributed by atoms with Gasteiger partial charge in [-0.15, -0.1) is 0 Å². The van der Waals surface area contributed by atoms with Gasteiger partial charge in [-0.05, 0) is 99.2 Å². The summed E-state index contributed by atoms with van der Waals surface area (Å²) >= 11 is -0.670. The van der Waals surface area contributed by atoms with Crippen molar-refractivity contribution in [3.05, 3.63) is 92.7 Å². The first-order valence-corrected chi connectivity index (χ1v) is 15.8. The van der Waals surface area contributed by atoms with Gasteiger partial charge in [0.05, 0.1) is 29.1 Å². The number of benzene rings is 2. The number of aliphatic hydroxyl groups is 1. The molecule has 2 saturated carbocycles. The fraction of sp³-hybridized carbons (Fsp3) is 0.290. The summed E-state index contributed by atoms with van der Waals surface area (Å²) in [6.07, 6.45) is 9.60. The van der Waals surface area contributed by atoms with E-state index in [1.807, 2.05) is 28.5 Å². The quantitative estimate of drug-likeness (QED) is 0.268. The molecule has 0 spiro atoms. The van der Waals surface area contributed by atoms with Crippen LogP contribution in [0.3, 0.4) is 0 Å². The second kappa shape index (κ2) is 9.95. The van der Waals surface area contributed by atoms with Crippen LogP contribution in [-0.4, -0.2) is 41.7 Å². The number of aliphatic hydroxyl groups excluding tert-OH is 1. The monoisotopic (exact) mass is 652 g/mol. The van der Waals surface area contributed by atoms with Crippen LogP contribution in [0.2, 0.25) is 0 Å². The Morgan fingerprint density at radius 2 is 1.88 bits per heavy atom. The molecule has 204 valence electrons. The zero-order chi connectivity index (χ0) is 27.4. The summed E-state index contributed by atoms with van der Waals surface area (Å²) in [5.74, 6) is -2.01. The average Bonchev–Trinajstić information content (AvgIpc) is 3.67. The number of carbonyl (C=O) groups is 1. The Hall–Kier alpha value is -3.31. The third-order valence-electron chi connectivity index (χ3n) is 8.33. The third kappa shape index (κ3) is 4.49. The van der Waals surface area contributed by atoms with E-state index < -0.39 is 38.3 Å². The van der Waals surface area contributed by atoms with Gasteiger partial charge in [0.2, 0.25) is 0 Å². The first kappa shape index (κ1) is 25.6. The number of halogens is 3. The van der Waals surface area contributed by atoms with E-state index in [4.69, 9.17) is 4.98 Å². The lowest BCUT2D eigenvalue weighted by Gasteiger charge is -2.26. The maximum Gasteiger partial charge on any atom is 0.254 e. The summed E-state index contributed by atoms with van der Waals surface area (Å²) in [6, 6.07) is 12.4. The molecular weight excluding hydrogens is 625 g/mol. The van der Waals surface area contributed by atoms with Gasteiger partial charge in [0.25, 0.3) is 5.91 Å². The number of amides is 1. The molecule has 2 aromatic carbocycles. The molecule has 6 nitrogen and oxygen atoms in total. The minimum atomic E-state index is -0.752. The van der Waals surface area contributed by atoms with Crippen molar-refractivity contribution in [3.8, 4) is 0 Å². The maximum atomic E-state index is 15.4.